The van der Waals surface area contributed by atoms with Crippen molar-refractivity contribution in [3.05, 3.63) is 378 Å². The molecule has 1 heteroatoms. The van der Waals surface area contributed by atoms with Gasteiger partial charge in [-0.3, -0.25) is 0 Å². The molecule has 0 aromatic heterocycles. The molecule has 2 aliphatic rings. The average Bonchev–Trinajstić information content (AvgIpc) is 1.74. The van der Waals surface area contributed by atoms with E-state index in [0.29, 0.717) is 0 Å². The van der Waals surface area contributed by atoms with Crippen LogP contribution >= 0.6 is 0 Å². The minimum atomic E-state index is -0.553. The van der Waals surface area contributed by atoms with Crippen molar-refractivity contribution in [2.45, 2.75) is 10.8 Å². The molecule has 0 aliphatic heterocycles. The van der Waals surface area contributed by atoms with Crippen LogP contribution in [0, 0.1) is 0 Å². The lowest BCUT2D eigenvalue weighted by molar-refractivity contribution is 0.769. The lowest BCUT2D eigenvalue weighted by Gasteiger charge is -2.34. The summed E-state index contributed by atoms with van der Waals surface area (Å²) in [6, 6.07) is 124. The Morgan fingerprint density at radius 2 is 0.506 bits per heavy atom. The number of fused-ring (bicyclic) bond motifs is 8. The predicted molar refractivity (Wildman–Crippen MR) is 347 cm³/mol. The molecular formula is C82H55N. The molecule has 14 aromatic rings. The van der Waals surface area contributed by atoms with Crippen LogP contribution in [0.15, 0.2) is 334 Å². The van der Waals surface area contributed by atoms with E-state index in [1.54, 1.807) is 0 Å². The van der Waals surface area contributed by atoms with Gasteiger partial charge >= 0.3 is 0 Å². The van der Waals surface area contributed by atoms with E-state index in [0.717, 1.165) is 28.2 Å². The molecule has 14 aromatic carbocycles. The molecule has 0 heterocycles. The topological polar surface area (TPSA) is 3.24 Å². The molecule has 16 rings (SSSR count). The Hall–Kier alpha value is -10.6. The number of anilines is 3. The largest absolute Gasteiger partial charge is 0.311 e. The van der Waals surface area contributed by atoms with Crippen LogP contribution in [0.5, 0.6) is 0 Å². The summed E-state index contributed by atoms with van der Waals surface area (Å²) in [5.74, 6) is 0. The summed E-state index contributed by atoms with van der Waals surface area (Å²) >= 11 is 0. The van der Waals surface area contributed by atoms with Crippen molar-refractivity contribution >= 4 is 38.6 Å². The molecule has 2 aliphatic carbocycles. The zero-order chi connectivity index (χ0) is 54.9. The van der Waals surface area contributed by atoms with Gasteiger partial charge < -0.3 is 4.90 Å². The van der Waals surface area contributed by atoms with Crippen LogP contribution in [0.3, 0.4) is 0 Å². The van der Waals surface area contributed by atoms with Gasteiger partial charge in [0, 0.05) is 17.1 Å². The van der Waals surface area contributed by atoms with Gasteiger partial charge in [0.05, 0.1) is 10.8 Å². The van der Waals surface area contributed by atoms with Gasteiger partial charge in [-0.2, -0.15) is 0 Å². The number of hydrogen-bond acceptors (Lipinski definition) is 1. The van der Waals surface area contributed by atoms with Gasteiger partial charge in [0.1, 0.15) is 0 Å². The van der Waals surface area contributed by atoms with Gasteiger partial charge in [-0.05, 0) is 176 Å². The van der Waals surface area contributed by atoms with Crippen molar-refractivity contribution in [3.8, 4) is 55.6 Å². The Kier molecular flexibility index (Phi) is 11.4. The molecule has 0 radical (unpaired) electrons. The fourth-order valence-corrected chi connectivity index (χ4v) is 14.6. The molecule has 0 spiro atoms. The van der Waals surface area contributed by atoms with Crippen molar-refractivity contribution < 1.29 is 0 Å². The number of benzene rings is 14. The maximum Gasteiger partial charge on any atom is 0.0713 e. The maximum absolute atomic E-state index is 2.54. The highest BCUT2D eigenvalue weighted by Gasteiger charge is 2.48. The van der Waals surface area contributed by atoms with Gasteiger partial charge in [-0.15, -0.1) is 0 Å². The molecule has 83 heavy (non-hydrogen) atoms. The van der Waals surface area contributed by atoms with E-state index in [4.69, 9.17) is 0 Å². The molecule has 1 nitrogen and oxygen atoms in total. The zero-order valence-corrected chi connectivity index (χ0v) is 45.7. The number of rotatable bonds is 10. The molecule has 0 bridgehead atoms. The summed E-state index contributed by atoms with van der Waals surface area (Å²) in [5, 5.41) is 4.85. The summed E-state index contributed by atoms with van der Waals surface area (Å²) < 4.78 is 0. The second kappa shape index (κ2) is 19.6. The van der Waals surface area contributed by atoms with E-state index >= 15 is 0 Å². The Balaban J connectivity index is 0.961. The van der Waals surface area contributed by atoms with Gasteiger partial charge in [-0.1, -0.05) is 279 Å². The second-order valence-electron chi connectivity index (χ2n) is 22.2. The van der Waals surface area contributed by atoms with Gasteiger partial charge in [0.15, 0.2) is 0 Å². The molecular weight excluding hydrogens is 999 g/mol. The first-order chi connectivity index (χ1) is 41.2. The molecule has 0 amide bonds. The van der Waals surface area contributed by atoms with E-state index in [1.165, 1.54) is 111 Å². The van der Waals surface area contributed by atoms with Crippen LogP contribution in [-0.4, -0.2) is 0 Å². The third-order valence-electron chi connectivity index (χ3n) is 18.0. The highest BCUT2D eigenvalue weighted by atomic mass is 15.1. The minimum absolute atomic E-state index is 0.544. The molecule has 388 valence electrons. The van der Waals surface area contributed by atoms with E-state index < -0.39 is 10.8 Å². The molecule has 0 N–H and O–H groups in total. The number of para-hydroxylation sites is 2. The van der Waals surface area contributed by atoms with Gasteiger partial charge in [-0.25, -0.2) is 0 Å². The van der Waals surface area contributed by atoms with E-state index in [-0.39, 0.29) is 0 Å². The van der Waals surface area contributed by atoms with Crippen LogP contribution in [0.4, 0.5) is 17.1 Å². The normalized spacial score (nSPS) is 13.3. The Labute approximate surface area is 485 Å². The molecule has 0 saturated carbocycles. The van der Waals surface area contributed by atoms with E-state index in [9.17, 15) is 0 Å². The fourth-order valence-electron chi connectivity index (χ4n) is 14.6. The summed E-state index contributed by atoms with van der Waals surface area (Å²) in [7, 11) is 0. The molecule has 0 atom stereocenters. The second-order valence-corrected chi connectivity index (χ2v) is 22.2. The standard InChI is InChI=1S/C82H55N/c1-7-25-60(26-8-1)81(61-27-9-2-10-28-61)75-41-23-21-37-67(75)69-50-46-58(54-77(69)81)79-71-39-19-20-40-72(71)80(59-47-51-70-68-38-22-24-42-76(68)82(78(70)55-59,62-29-11-3-12-30-62)63-31-13-4-14-32-63)74-53-57(45-52-73(74)79)56-43-48-66(49-44-56)83(64-33-15-5-16-34-64)65-35-17-6-18-36-65/h1-55H. The van der Waals surface area contributed by atoms with Crippen molar-refractivity contribution in [2.75, 3.05) is 4.90 Å². The fraction of sp³-hybridized carbons (Fsp3) is 0.0244. The SMILES string of the molecule is c1ccc(N(c2ccccc2)c2ccc(-c3ccc4c(-c5ccc6c(c5)C(c5ccccc5)(c5ccccc5)c5ccccc5-6)c5ccccc5c(-c5ccc6c(c5)C(c5ccccc5)(c5ccccc5)c5ccccc5-6)c4c3)cc2)cc1. The first kappa shape index (κ1) is 48.3. The van der Waals surface area contributed by atoms with E-state index in [1.807, 2.05) is 0 Å². The van der Waals surface area contributed by atoms with Gasteiger partial charge in [0.2, 0.25) is 0 Å². The minimum Gasteiger partial charge on any atom is -0.311 e. The first-order valence-electron chi connectivity index (χ1n) is 28.9. The first-order valence-corrected chi connectivity index (χ1v) is 28.9. The van der Waals surface area contributed by atoms with Crippen LogP contribution < -0.4 is 4.90 Å². The smallest absolute Gasteiger partial charge is 0.0713 e. The van der Waals surface area contributed by atoms with Crippen molar-refractivity contribution in [3.63, 3.8) is 0 Å². The number of hydrogen-bond donors (Lipinski definition) is 0. The highest BCUT2D eigenvalue weighted by molar-refractivity contribution is 6.22. The Bertz CT molecular complexity index is 4630. The highest BCUT2D eigenvalue weighted by Crippen LogP contribution is 2.60. The quantitative estimate of drug-likeness (QED) is 0.123. The lowest BCUT2D eigenvalue weighted by Crippen LogP contribution is -2.28. The summed E-state index contributed by atoms with van der Waals surface area (Å²) in [6.07, 6.45) is 0. The Morgan fingerprint density at radius 3 is 0.940 bits per heavy atom. The monoisotopic (exact) mass is 1050 g/mol. The molecule has 0 saturated heterocycles. The van der Waals surface area contributed by atoms with Crippen LogP contribution in [0.1, 0.15) is 44.5 Å². The maximum atomic E-state index is 2.54. The van der Waals surface area contributed by atoms with Crippen molar-refractivity contribution in [2.24, 2.45) is 0 Å². The number of nitrogens with zero attached hydrogens (tertiary/aromatic N) is 1. The van der Waals surface area contributed by atoms with Crippen LogP contribution in [0.25, 0.3) is 77.2 Å². The van der Waals surface area contributed by atoms with Crippen molar-refractivity contribution in [1.82, 2.24) is 0 Å². The zero-order valence-electron chi connectivity index (χ0n) is 45.7. The lowest BCUT2D eigenvalue weighted by atomic mass is 9.67. The van der Waals surface area contributed by atoms with Crippen molar-refractivity contribution in [1.29, 1.82) is 0 Å². The Morgan fingerprint density at radius 1 is 0.193 bits per heavy atom. The average molecular weight is 1050 g/mol. The summed E-state index contributed by atoms with van der Waals surface area (Å²) in [4.78, 5) is 2.33. The van der Waals surface area contributed by atoms with Gasteiger partial charge in [0.25, 0.3) is 0 Å². The summed E-state index contributed by atoms with van der Waals surface area (Å²) in [5.41, 5.74) is 24.7. The van der Waals surface area contributed by atoms with Crippen LogP contribution in [0.2, 0.25) is 0 Å². The van der Waals surface area contributed by atoms with E-state index in [2.05, 4.69) is 339 Å². The van der Waals surface area contributed by atoms with Crippen LogP contribution in [-0.2, 0) is 10.8 Å². The third-order valence-corrected chi connectivity index (χ3v) is 18.0. The summed E-state index contributed by atoms with van der Waals surface area (Å²) in [6.45, 7) is 0. The molecule has 0 unspecified atom stereocenters. The predicted octanol–water partition coefficient (Wildman–Crippen LogP) is 21.2. The molecule has 0 fully saturated rings. The third kappa shape index (κ3) is 7.41.